The monoisotopic (exact) mass is 456 g/mol. The van der Waals surface area contributed by atoms with Crippen LogP contribution < -0.4 is 11.1 Å². The van der Waals surface area contributed by atoms with E-state index in [1.807, 2.05) is 0 Å². The zero-order valence-corrected chi connectivity index (χ0v) is 19.3. The molecule has 3 heterocycles. The first-order chi connectivity index (χ1) is 15.2. The largest absolute Gasteiger partial charge is 0.399 e. The lowest BCUT2D eigenvalue weighted by Crippen LogP contribution is -2.38. The number of amides is 1. The Balaban J connectivity index is 1.57. The van der Waals surface area contributed by atoms with Crippen LogP contribution in [-0.2, 0) is 23.6 Å². The van der Waals surface area contributed by atoms with Crippen LogP contribution >= 0.6 is 0 Å². The second kappa shape index (κ2) is 8.51. The van der Waals surface area contributed by atoms with E-state index in [4.69, 9.17) is 5.73 Å². The third-order valence-corrected chi connectivity index (χ3v) is 8.27. The number of hydrogen-bond donors (Lipinski definition) is 2. The van der Waals surface area contributed by atoms with E-state index in [1.54, 1.807) is 36.9 Å². The fraction of sp³-hybridized carbons (Fsp3) is 0.409. The topological polar surface area (TPSA) is 123 Å². The second-order valence-electron chi connectivity index (χ2n) is 8.44. The van der Waals surface area contributed by atoms with E-state index in [-0.39, 0.29) is 23.0 Å². The van der Waals surface area contributed by atoms with Gasteiger partial charge in [0.1, 0.15) is 16.9 Å². The van der Waals surface area contributed by atoms with Gasteiger partial charge in [-0.15, -0.1) is 0 Å². The van der Waals surface area contributed by atoms with Crippen LogP contribution in [0.3, 0.4) is 0 Å². The van der Waals surface area contributed by atoms with Gasteiger partial charge in [-0.1, -0.05) is 6.92 Å². The predicted molar refractivity (Wildman–Crippen MR) is 122 cm³/mol. The van der Waals surface area contributed by atoms with Gasteiger partial charge in [-0.2, -0.15) is 4.31 Å². The van der Waals surface area contributed by atoms with E-state index in [0.29, 0.717) is 35.9 Å². The lowest BCUT2D eigenvalue weighted by atomic mass is 10.0. The Labute approximate surface area is 187 Å². The van der Waals surface area contributed by atoms with Crippen LogP contribution in [0, 0.1) is 12.8 Å². The zero-order chi connectivity index (χ0) is 23.0. The van der Waals surface area contributed by atoms with Gasteiger partial charge in [0.05, 0.1) is 5.52 Å². The molecule has 10 heteroatoms. The fourth-order valence-electron chi connectivity index (χ4n) is 4.11. The maximum absolute atomic E-state index is 13.2. The number of carbonyl (C=O) groups is 1. The molecular weight excluding hydrogens is 428 g/mol. The summed E-state index contributed by atoms with van der Waals surface area (Å²) in [5.41, 5.74) is 8.82. The summed E-state index contributed by atoms with van der Waals surface area (Å²) >= 11 is 0. The molecular formula is C22H28N6O3S. The van der Waals surface area contributed by atoms with Crippen LogP contribution in [0.2, 0.25) is 0 Å². The van der Waals surface area contributed by atoms with Crippen molar-refractivity contribution in [3.8, 4) is 0 Å². The van der Waals surface area contributed by atoms with Crippen molar-refractivity contribution in [1.82, 2.24) is 24.2 Å². The number of carbonyl (C=O) groups excluding carboxylic acids is 1. The number of anilines is 1. The highest BCUT2D eigenvalue weighted by Gasteiger charge is 2.32. The Bertz CT molecular complexity index is 1280. The first kappa shape index (κ1) is 22.2. The van der Waals surface area contributed by atoms with E-state index in [2.05, 4.69) is 22.2 Å². The van der Waals surface area contributed by atoms with Crippen molar-refractivity contribution < 1.29 is 13.2 Å². The predicted octanol–water partition coefficient (Wildman–Crippen LogP) is 2.21. The Hall–Kier alpha value is -2.98. The van der Waals surface area contributed by atoms with Crippen molar-refractivity contribution in [2.75, 3.05) is 18.8 Å². The van der Waals surface area contributed by atoms with Crippen LogP contribution in [0.1, 0.15) is 41.5 Å². The molecule has 1 saturated heterocycles. The van der Waals surface area contributed by atoms with E-state index in [1.165, 1.54) is 16.7 Å². The molecule has 0 aliphatic carbocycles. The average Bonchev–Trinajstić information content (AvgIpc) is 3.07. The third kappa shape index (κ3) is 4.07. The summed E-state index contributed by atoms with van der Waals surface area (Å²) in [5.74, 6) is 0.157. The Morgan fingerprint density at radius 2 is 1.97 bits per heavy atom. The van der Waals surface area contributed by atoms with Crippen molar-refractivity contribution in [1.29, 1.82) is 0 Å². The molecule has 0 atom stereocenters. The van der Waals surface area contributed by atoms with Crippen molar-refractivity contribution in [2.24, 2.45) is 13.0 Å². The molecule has 170 valence electrons. The number of nitrogens with one attached hydrogen (secondary N) is 1. The van der Waals surface area contributed by atoms with Gasteiger partial charge in [-0.05, 0) is 49.4 Å². The van der Waals surface area contributed by atoms with E-state index < -0.39 is 10.0 Å². The highest BCUT2D eigenvalue weighted by Crippen LogP contribution is 2.27. The van der Waals surface area contributed by atoms with E-state index >= 15 is 0 Å². The molecule has 3 N–H and O–H groups in total. The quantitative estimate of drug-likeness (QED) is 0.568. The van der Waals surface area contributed by atoms with Gasteiger partial charge in [0.25, 0.3) is 5.91 Å². The highest BCUT2D eigenvalue weighted by molar-refractivity contribution is 7.89. The molecule has 0 spiro atoms. The molecule has 1 fully saturated rings. The lowest BCUT2D eigenvalue weighted by molar-refractivity contribution is 0.0942. The standard InChI is InChI=1S/C22H28N6O3S/c1-14-4-6-28(7-5-14)32(30,31)21-10-20(27(3)15(21)2)22(29)25-11-16-8-17(23)9-19-18(16)12-24-13-26-19/h8-10,12-14H,4-7,11,23H2,1-3H3,(H,25,29). The molecule has 2 aromatic heterocycles. The smallest absolute Gasteiger partial charge is 0.268 e. The molecule has 0 radical (unpaired) electrons. The number of rotatable bonds is 5. The summed E-state index contributed by atoms with van der Waals surface area (Å²) in [6.45, 7) is 5.08. The van der Waals surface area contributed by atoms with Crippen molar-refractivity contribution in [3.63, 3.8) is 0 Å². The number of nitrogens with two attached hydrogens (primary N) is 1. The first-order valence-corrected chi connectivity index (χ1v) is 12.0. The minimum absolute atomic E-state index is 0.183. The van der Waals surface area contributed by atoms with Crippen molar-refractivity contribution in [3.05, 3.63) is 47.7 Å². The van der Waals surface area contributed by atoms with Crippen LogP contribution in [0.25, 0.3) is 10.9 Å². The first-order valence-electron chi connectivity index (χ1n) is 10.6. The molecule has 1 aromatic carbocycles. The second-order valence-corrected chi connectivity index (χ2v) is 10.3. The van der Waals surface area contributed by atoms with Gasteiger partial charge in [0.2, 0.25) is 10.0 Å². The van der Waals surface area contributed by atoms with Crippen molar-refractivity contribution >= 4 is 32.5 Å². The fourth-order valence-corrected chi connectivity index (χ4v) is 5.85. The van der Waals surface area contributed by atoms with Gasteiger partial charge in [-0.3, -0.25) is 4.79 Å². The van der Waals surface area contributed by atoms with Gasteiger partial charge in [0.15, 0.2) is 0 Å². The average molecular weight is 457 g/mol. The molecule has 32 heavy (non-hydrogen) atoms. The van der Waals surface area contributed by atoms with Crippen LogP contribution in [0.5, 0.6) is 0 Å². The summed E-state index contributed by atoms with van der Waals surface area (Å²) in [7, 11) is -1.95. The van der Waals surface area contributed by atoms with Crippen LogP contribution in [-0.4, -0.2) is 46.3 Å². The number of benzene rings is 1. The molecule has 3 aromatic rings. The number of aromatic nitrogens is 3. The van der Waals surface area contributed by atoms with E-state index in [0.717, 1.165) is 23.8 Å². The molecule has 0 saturated carbocycles. The zero-order valence-electron chi connectivity index (χ0n) is 18.5. The minimum atomic E-state index is -3.65. The summed E-state index contributed by atoms with van der Waals surface area (Å²) in [6.07, 6.45) is 4.81. The van der Waals surface area contributed by atoms with Gasteiger partial charge >= 0.3 is 0 Å². The summed E-state index contributed by atoms with van der Waals surface area (Å²) in [6, 6.07) is 5.00. The van der Waals surface area contributed by atoms with Crippen LogP contribution in [0.15, 0.2) is 35.6 Å². The van der Waals surface area contributed by atoms with Gasteiger partial charge in [0, 0.05) is 49.6 Å². The Morgan fingerprint density at radius 1 is 1.25 bits per heavy atom. The Kier molecular flexibility index (Phi) is 5.91. The number of fused-ring (bicyclic) bond motifs is 1. The molecule has 1 aliphatic heterocycles. The Morgan fingerprint density at radius 3 is 2.69 bits per heavy atom. The highest BCUT2D eigenvalue weighted by atomic mass is 32.2. The third-order valence-electron chi connectivity index (χ3n) is 6.25. The summed E-state index contributed by atoms with van der Waals surface area (Å²) in [5, 5.41) is 3.67. The normalized spacial score (nSPS) is 15.8. The van der Waals surface area contributed by atoms with Gasteiger partial charge < -0.3 is 15.6 Å². The number of sulfonamides is 1. The molecule has 1 amide bonds. The maximum atomic E-state index is 13.2. The SMILES string of the molecule is Cc1c(S(=O)(=O)N2CCC(C)CC2)cc(C(=O)NCc2cc(N)cc3ncncc23)n1C. The minimum Gasteiger partial charge on any atom is -0.399 e. The molecule has 0 bridgehead atoms. The molecule has 4 rings (SSSR count). The summed E-state index contributed by atoms with van der Waals surface area (Å²) in [4.78, 5) is 21.4. The molecule has 9 nitrogen and oxygen atoms in total. The summed E-state index contributed by atoms with van der Waals surface area (Å²) < 4.78 is 29.6. The van der Waals surface area contributed by atoms with Crippen molar-refractivity contribution in [2.45, 2.75) is 38.1 Å². The number of hydrogen-bond acceptors (Lipinski definition) is 6. The van der Waals surface area contributed by atoms with E-state index in [9.17, 15) is 13.2 Å². The molecule has 1 aliphatic rings. The van der Waals surface area contributed by atoms with Crippen LogP contribution in [0.4, 0.5) is 5.69 Å². The molecule has 0 unspecified atom stereocenters. The number of nitrogen functional groups attached to an aromatic ring is 1. The number of nitrogens with zero attached hydrogens (tertiary/aromatic N) is 4. The lowest BCUT2D eigenvalue weighted by Gasteiger charge is -2.29. The number of piperidine rings is 1. The maximum Gasteiger partial charge on any atom is 0.268 e. The van der Waals surface area contributed by atoms with Gasteiger partial charge in [-0.25, -0.2) is 18.4 Å².